The summed E-state index contributed by atoms with van der Waals surface area (Å²) in [6.07, 6.45) is 0. The van der Waals surface area contributed by atoms with Crippen molar-refractivity contribution in [3.63, 3.8) is 0 Å². The summed E-state index contributed by atoms with van der Waals surface area (Å²) in [6.45, 7) is 6.90. The van der Waals surface area contributed by atoms with Gasteiger partial charge in [0.25, 0.3) is 0 Å². The fourth-order valence-electron chi connectivity index (χ4n) is 1.90. The third-order valence-corrected chi connectivity index (χ3v) is 2.86. The first kappa shape index (κ1) is 10.5. The Labute approximate surface area is 90.8 Å². The van der Waals surface area contributed by atoms with Crippen LogP contribution in [0.3, 0.4) is 0 Å². The molecule has 0 saturated carbocycles. The molecule has 2 rings (SSSR count). The van der Waals surface area contributed by atoms with Crippen LogP contribution in [0.5, 0.6) is 0 Å². The van der Waals surface area contributed by atoms with Gasteiger partial charge >= 0.3 is 0 Å². The van der Waals surface area contributed by atoms with E-state index in [2.05, 4.69) is 17.9 Å². The van der Waals surface area contributed by atoms with Crippen molar-refractivity contribution in [3.8, 4) is 0 Å². The van der Waals surface area contributed by atoms with Gasteiger partial charge in [-0.15, -0.1) is 0 Å². The van der Waals surface area contributed by atoms with Gasteiger partial charge in [0.05, 0.1) is 13.2 Å². The molecule has 1 fully saturated rings. The second-order valence-corrected chi connectivity index (χ2v) is 4.07. The lowest BCUT2D eigenvalue weighted by Crippen LogP contribution is -2.35. The van der Waals surface area contributed by atoms with Crippen LogP contribution >= 0.6 is 0 Å². The van der Waals surface area contributed by atoms with Crippen LogP contribution in [0.25, 0.3) is 0 Å². The molecule has 15 heavy (non-hydrogen) atoms. The second kappa shape index (κ2) is 4.64. The van der Waals surface area contributed by atoms with Crippen molar-refractivity contribution in [2.75, 3.05) is 32.0 Å². The van der Waals surface area contributed by atoms with E-state index >= 15 is 0 Å². The number of nitrogen functional groups attached to an aromatic ring is 1. The van der Waals surface area contributed by atoms with E-state index in [4.69, 9.17) is 10.5 Å². The molecule has 0 aliphatic carbocycles. The van der Waals surface area contributed by atoms with Crippen molar-refractivity contribution in [3.05, 3.63) is 29.3 Å². The first-order valence-corrected chi connectivity index (χ1v) is 5.41. The van der Waals surface area contributed by atoms with Crippen LogP contribution in [0.2, 0.25) is 0 Å². The van der Waals surface area contributed by atoms with Gasteiger partial charge in [-0.05, 0) is 30.2 Å². The number of benzene rings is 1. The van der Waals surface area contributed by atoms with E-state index in [1.165, 1.54) is 11.1 Å². The number of morpholine rings is 1. The van der Waals surface area contributed by atoms with Gasteiger partial charge in [0.2, 0.25) is 0 Å². The molecule has 0 bridgehead atoms. The first-order valence-electron chi connectivity index (χ1n) is 5.41. The molecule has 0 unspecified atom stereocenters. The van der Waals surface area contributed by atoms with Gasteiger partial charge in [-0.3, -0.25) is 4.90 Å². The number of hydrogen-bond donors (Lipinski definition) is 1. The maximum atomic E-state index is 5.73. The Morgan fingerprint density at radius 2 is 2.07 bits per heavy atom. The summed E-state index contributed by atoms with van der Waals surface area (Å²) >= 11 is 0. The Morgan fingerprint density at radius 3 is 2.73 bits per heavy atom. The van der Waals surface area contributed by atoms with Crippen molar-refractivity contribution in [1.29, 1.82) is 0 Å². The van der Waals surface area contributed by atoms with Crippen molar-refractivity contribution in [2.24, 2.45) is 0 Å². The van der Waals surface area contributed by atoms with Crippen LogP contribution in [0.15, 0.2) is 18.2 Å². The minimum atomic E-state index is 0.846. The van der Waals surface area contributed by atoms with Gasteiger partial charge < -0.3 is 10.5 Å². The van der Waals surface area contributed by atoms with Gasteiger partial charge in [0, 0.05) is 25.3 Å². The fourth-order valence-corrected chi connectivity index (χ4v) is 1.90. The van der Waals surface area contributed by atoms with E-state index in [0.29, 0.717) is 0 Å². The van der Waals surface area contributed by atoms with Crippen molar-refractivity contribution in [2.45, 2.75) is 13.5 Å². The summed E-state index contributed by atoms with van der Waals surface area (Å²) in [7, 11) is 0. The molecular formula is C12H18N2O. The van der Waals surface area contributed by atoms with Crippen LogP contribution in [-0.2, 0) is 11.3 Å². The minimum Gasteiger partial charge on any atom is -0.399 e. The first-order chi connectivity index (χ1) is 7.25. The molecule has 3 nitrogen and oxygen atoms in total. The summed E-state index contributed by atoms with van der Waals surface area (Å²) in [5, 5.41) is 0. The highest BCUT2D eigenvalue weighted by molar-refractivity contribution is 5.44. The molecular weight excluding hydrogens is 188 g/mol. The quantitative estimate of drug-likeness (QED) is 0.744. The third-order valence-electron chi connectivity index (χ3n) is 2.86. The zero-order valence-corrected chi connectivity index (χ0v) is 9.20. The summed E-state index contributed by atoms with van der Waals surface area (Å²) < 4.78 is 5.33. The Morgan fingerprint density at radius 1 is 1.33 bits per heavy atom. The molecule has 0 radical (unpaired) electrons. The number of ether oxygens (including phenoxy) is 1. The lowest BCUT2D eigenvalue weighted by molar-refractivity contribution is 0.0341. The van der Waals surface area contributed by atoms with Gasteiger partial charge in [0.1, 0.15) is 0 Å². The molecule has 0 spiro atoms. The molecule has 0 amide bonds. The summed E-state index contributed by atoms with van der Waals surface area (Å²) in [4.78, 5) is 2.42. The number of aryl methyl sites for hydroxylation is 1. The van der Waals surface area contributed by atoms with Crippen molar-refractivity contribution < 1.29 is 4.74 Å². The predicted octanol–water partition coefficient (Wildman–Crippen LogP) is 1.41. The largest absolute Gasteiger partial charge is 0.399 e. The van der Waals surface area contributed by atoms with Crippen molar-refractivity contribution in [1.82, 2.24) is 4.90 Å². The average Bonchev–Trinajstić information content (AvgIpc) is 2.24. The monoisotopic (exact) mass is 206 g/mol. The van der Waals surface area contributed by atoms with Gasteiger partial charge in [0.15, 0.2) is 0 Å². The van der Waals surface area contributed by atoms with E-state index in [0.717, 1.165) is 38.5 Å². The minimum absolute atomic E-state index is 0.846. The molecule has 1 saturated heterocycles. The van der Waals surface area contributed by atoms with E-state index < -0.39 is 0 Å². The molecule has 1 heterocycles. The lowest BCUT2D eigenvalue weighted by atomic mass is 10.1. The highest BCUT2D eigenvalue weighted by Gasteiger charge is 2.11. The molecule has 0 aromatic heterocycles. The molecule has 1 aliphatic heterocycles. The van der Waals surface area contributed by atoms with Crippen molar-refractivity contribution >= 4 is 5.69 Å². The number of rotatable bonds is 2. The fraction of sp³-hybridized carbons (Fsp3) is 0.500. The van der Waals surface area contributed by atoms with Crippen LogP contribution in [-0.4, -0.2) is 31.2 Å². The van der Waals surface area contributed by atoms with Gasteiger partial charge in [-0.2, -0.15) is 0 Å². The molecule has 1 aromatic rings. The Hall–Kier alpha value is -1.06. The SMILES string of the molecule is Cc1cc(N)ccc1CN1CCOCC1. The van der Waals surface area contributed by atoms with E-state index in [-0.39, 0.29) is 0 Å². The number of anilines is 1. The third kappa shape index (κ3) is 2.70. The van der Waals surface area contributed by atoms with Crippen LogP contribution < -0.4 is 5.73 Å². The number of hydrogen-bond acceptors (Lipinski definition) is 3. The van der Waals surface area contributed by atoms with Crippen LogP contribution in [0, 0.1) is 6.92 Å². The van der Waals surface area contributed by atoms with Crippen LogP contribution in [0.1, 0.15) is 11.1 Å². The highest BCUT2D eigenvalue weighted by Crippen LogP contribution is 2.15. The number of nitrogens with two attached hydrogens (primary N) is 1. The summed E-state index contributed by atoms with van der Waals surface area (Å²) in [5.74, 6) is 0. The molecule has 0 atom stereocenters. The second-order valence-electron chi connectivity index (χ2n) is 4.07. The molecule has 82 valence electrons. The highest BCUT2D eigenvalue weighted by atomic mass is 16.5. The van der Waals surface area contributed by atoms with Gasteiger partial charge in [-0.25, -0.2) is 0 Å². The molecule has 3 heteroatoms. The summed E-state index contributed by atoms with van der Waals surface area (Å²) in [5.41, 5.74) is 9.22. The number of nitrogens with zero attached hydrogens (tertiary/aromatic N) is 1. The molecule has 1 aliphatic rings. The zero-order valence-electron chi connectivity index (χ0n) is 9.20. The summed E-state index contributed by atoms with van der Waals surface area (Å²) in [6, 6.07) is 6.14. The Bertz CT molecular complexity index is 332. The van der Waals surface area contributed by atoms with E-state index in [1.807, 2.05) is 12.1 Å². The predicted molar refractivity (Wildman–Crippen MR) is 61.7 cm³/mol. The topological polar surface area (TPSA) is 38.5 Å². The maximum absolute atomic E-state index is 5.73. The Kier molecular flexibility index (Phi) is 3.23. The maximum Gasteiger partial charge on any atom is 0.0594 e. The average molecular weight is 206 g/mol. The van der Waals surface area contributed by atoms with Gasteiger partial charge in [-0.1, -0.05) is 6.07 Å². The molecule has 1 aromatic carbocycles. The van der Waals surface area contributed by atoms with Crippen LogP contribution in [0.4, 0.5) is 5.69 Å². The lowest BCUT2D eigenvalue weighted by Gasteiger charge is -2.27. The standard InChI is InChI=1S/C12H18N2O/c1-10-8-12(13)3-2-11(10)9-14-4-6-15-7-5-14/h2-3,8H,4-7,9,13H2,1H3. The smallest absolute Gasteiger partial charge is 0.0594 e. The Balaban J connectivity index is 2.03. The van der Waals surface area contributed by atoms with E-state index in [9.17, 15) is 0 Å². The zero-order chi connectivity index (χ0) is 10.7. The normalized spacial score (nSPS) is 17.9. The van der Waals surface area contributed by atoms with E-state index in [1.54, 1.807) is 0 Å². The molecule has 2 N–H and O–H groups in total.